The van der Waals surface area contributed by atoms with E-state index >= 15 is 0 Å². The Labute approximate surface area is 362 Å². The van der Waals surface area contributed by atoms with E-state index < -0.39 is 0 Å². The van der Waals surface area contributed by atoms with E-state index in [-0.39, 0.29) is 5.41 Å². The van der Waals surface area contributed by atoms with Crippen LogP contribution in [-0.2, 0) is 5.41 Å². The maximum absolute atomic E-state index is 5.41. The Morgan fingerprint density at radius 2 is 0.903 bits per heavy atom. The van der Waals surface area contributed by atoms with Crippen molar-refractivity contribution in [1.82, 2.24) is 0 Å². The van der Waals surface area contributed by atoms with Crippen LogP contribution in [0.5, 0.6) is 0 Å². The van der Waals surface area contributed by atoms with Gasteiger partial charge in [-0.05, 0) is 118 Å². The molecular weight excluding hydrogens is 749 g/mol. The van der Waals surface area contributed by atoms with Crippen LogP contribution in [-0.4, -0.2) is 11.5 Å². The molecule has 0 bridgehead atoms. The molecule has 294 valence electrons. The SMILES string of the molecule is C=C(N=C(N=C(C)c1ccc2c(c1)C(C)(C)c1cc3c(-c4ccccc4)c4ccccc4c(-c4ccccc4)c3cc1-2)c1cccc2ccccc12)c1cccc2ccccc12. The van der Waals surface area contributed by atoms with Gasteiger partial charge in [-0.25, -0.2) is 9.98 Å². The van der Waals surface area contributed by atoms with Crippen molar-refractivity contribution in [3.8, 4) is 33.4 Å². The molecule has 0 saturated heterocycles. The molecule has 0 heterocycles. The number of aliphatic imine (C=N–C) groups is 2. The molecule has 0 spiro atoms. The van der Waals surface area contributed by atoms with E-state index in [2.05, 4.69) is 228 Å². The molecule has 0 aliphatic heterocycles. The fourth-order valence-electron chi connectivity index (χ4n) is 9.91. The van der Waals surface area contributed by atoms with Crippen molar-refractivity contribution < 1.29 is 0 Å². The summed E-state index contributed by atoms with van der Waals surface area (Å²) in [5.74, 6) is 0.639. The van der Waals surface area contributed by atoms with Gasteiger partial charge in [-0.15, -0.1) is 0 Å². The molecule has 0 radical (unpaired) electrons. The van der Waals surface area contributed by atoms with Gasteiger partial charge in [-0.2, -0.15) is 0 Å². The minimum atomic E-state index is -0.267. The molecule has 1 aliphatic carbocycles. The van der Waals surface area contributed by atoms with E-state index in [9.17, 15) is 0 Å². The maximum Gasteiger partial charge on any atom is 0.160 e. The summed E-state index contributed by atoms with van der Waals surface area (Å²) in [6.45, 7) is 11.4. The van der Waals surface area contributed by atoms with Gasteiger partial charge >= 0.3 is 0 Å². The van der Waals surface area contributed by atoms with E-state index in [4.69, 9.17) is 9.98 Å². The predicted molar refractivity (Wildman–Crippen MR) is 266 cm³/mol. The number of benzene rings is 10. The first-order chi connectivity index (χ1) is 30.3. The highest BCUT2D eigenvalue weighted by Crippen LogP contribution is 2.53. The van der Waals surface area contributed by atoms with Gasteiger partial charge in [0, 0.05) is 22.3 Å². The summed E-state index contributed by atoms with van der Waals surface area (Å²) in [7, 11) is 0. The third-order valence-corrected chi connectivity index (χ3v) is 13.0. The molecule has 2 nitrogen and oxygen atoms in total. The molecule has 2 heteroatoms. The third kappa shape index (κ3) is 6.10. The average Bonchev–Trinajstić information content (AvgIpc) is 3.54. The van der Waals surface area contributed by atoms with Crippen LogP contribution in [0.25, 0.3) is 82.2 Å². The smallest absolute Gasteiger partial charge is 0.160 e. The van der Waals surface area contributed by atoms with Gasteiger partial charge in [0.05, 0.1) is 5.70 Å². The second kappa shape index (κ2) is 14.8. The van der Waals surface area contributed by atoms with Crippen molar-refractivity contribution in [3.05, 3.63) is 235 Å². The lowest BCUT2D eigenvalue weighted by molar-refractivity contribution is 0.661. The Morgan fingerprint density at radius 1 is 0.419 bits per heavy atom. The normalized spacial score (nSPS) is 13.5. The molecule has 0 N–H and O–H groups in total. The Kier molecular flexibility index (Phi) is 8.91. The first-order valence-electron chi connectivity index (χ1n) is 21.4. The Hall–Kier alpha value is -7.68. The summed E-state index contributed by atoms with van der Waals surface area (Å²) in [5, 5.41) is 9.58. The molecule has 62 heavy (non-hydrogen) atoms. The quantitative estimate of drug-likeness (QED) is 0.0910. The lowest BCUT2D eigenvalue weighted by Gasteiger charge is -2.24. The van der Waals surface area contributed by atoms with Crippen molar-refractivity contribution >= 4 is 60.3 Å². The Morgan fingerprint density at radius 3 is 1.52 bits per heavy atom. The first-order valence-corrected chi connectivity index (χ1v) is 21.4. The van der Waals surface area contributed by atoms with E-state index in [0.29, 0.717) is 11.5 Å². The van der Waals surface area contributed by atoms with Crippen molar-refractivity contribution in [3.63, 3.8) is 0 Å². The van der Waals surface area contributed by atoms with E-state index in [1.807, 2.05) is 0 Å². The van der Waals surface area contributed by atoms with Gasteiger partial charge in [0.25, 0.3) is 0 Å². The molecule has 10 aromatic carbocycles. The fourth-order valence-corrected chi connectivity index (χ4v) is 9.91. The zero-order valence-corrected chi connectivity index (χ0v) is 35.2. The summed E-state index contributed by atoms with van der Waals surface area (Å²) >= 11 is 0. The summed E-state index contributed by atoms with van der Waals surface area (Å²) in [6.07, 6.45) is 0. The van der Waals surface area contributed by atoms with Gasteiger partial charge < -0.3 is 0 Å². The largest absolute Gasteiger partial charge is 0.233 e. The third-order valence-electron chi connectivity index (χ3n) is 13.0. The number of nitrogens with zero attached hydrogens (tertiary/aromatic N) is 2. The van der Waals surface area contributed by atoms with E-state index in [0.717, 1.165) is 43.9 Å². The van der Waals surface area contributed by atoms with E-state index in [1.54, 1.807) is 0 Å². The minimum absolute atomic E-state index is 0.267. The monoisotopic (exact) mass is 792 g/mol. The molecule has 0 saturated carbocycles. The van der Waals surface area contributed by atoms with Gasteiger partial charge in [0.15, 0.2) is 5.84 Å². The number of amidine groups is 1. The molecule has 10 aromatic rings. The number of fused-ring (bicyclic) bond motifs is 7. The van der Waals surface area contributed by atoms with Crippen LogP contribution in [0.4, 0.5) is 0 Å². The summed E-state index contributed by atoms with van der Waals surface area (Å²) in [5.41, 5.74) is 14.5. The summed E-state index contributed by atoms with van der Waals surface area (Å²) in [4.78, 5) is 10.7. The topological polar surface area (TPSA) is 24.7 Å². The average molecular weight is 793 g/mol. The lowest BCUT2D eigenvalue weighted by atomic mass is 9.79. The highest BCUT2D eigenvalue weighted by molar-refractivity contribution is 6.23. The second-order valence-corrected chi connectivity index (χ2v) is 17.0. The van der Waals surface area contributed by atoms with Crippen LogP contribution >= 0.6 is 0 Å². The molecule has 0 amide bonds. The molecular formula is C60H44N2. The van der Waals surface area contributed by atoms with Gasteiger partial charge in [-0.1, -0.05) is 202 Å². The first kappa shape index (κ1) is 37.3. The second-order valence-electron chi connectivity index (χ2n) is 17.0. The van der Waals surface area contributed by atoms with Crippen LogP contribution < -0.4 is 0 Å². The molecule has 0 fully saturated rings. The highest BCUT2D eigenvalue weighted by atomic mass is 14.9. The van der Waals surface area contributed by atoms with Crippen LogP contribution in [0.3, 0.4) is 0 Å². The van der Waals surface area contributed by atoms with Crippen molar-refractivity contribution in [1.29, 1.82) is 0 Å². The van der Waals surface area contributed by atoms with Crippen molar-refractivity contribution in [2.24, 2.45) is 9.98 Å². The Bertz CT molecular complexity index is 3490. The molecule has 1 aliphatic rings. The predicted octanol–water partition coefficient (Wildman–Crippen LogP) is 15.9. The van der Waals surface area contributed by atoms with Crippen molar-refractivity contribution in [2.75, 3.05) is 0 Å². The molecule has 0 atom stereocenters. The standard InChI is InChI=1S/C60H44N2/c1-38(61-59(51-32-18-26-41-20-12-14-28-47(41)51)62-39(2)45-31-17-25-40-19-11-13-27-46(40)45)44-33-34-48-52-36-53-54(37-56(52)60(3,4)55(48)35-44)58(43-23-9-6-10-24-43)50-30-16-15-29-49(50)57(53)42-21-7-5-8-22-42/h5-37H,2H2,1,3-4H3. The summed E-state index contributed by atoms with van der Waals surface area (Å²) < 4.78 is 0. The van der Waals surface area contributed by atoms with E-state index in [1.165, 1.54) is 66.1 Å². The van der Waals surface area contributed by atoms with Crippen LogP contribution in [0, 0.1) is 0 Å². The van der Waals surface area contributed by atoms with Gasteiger partial charge in [0.2, 0.25) is 0 Å². The number of hydrogen-bond donors (Lipinski definition) is 0. The molecule has 0 unspecified atom stereocenters. The highest BCUT2D eigenvalue weighted by Gasteiger charge is 2.37. The molecule has 11 rings (SSSR count). The minimum Gasteiger partial charge on any atom is -0.233 e. The molecule has 0 aromatic heterocycles. The zero-order valence-electron chi connectivity index (χ0n) is 35.2. The van der Waals surface area contributed by atoms with Crippen LogP contribution in [0.15, 0.2) is 217 Å². The van der Waals surface area contributed by atoms with Crippen LogP contribution in [0.1, 0.15) is 48.6 Å². The number of hydrogen-bond acceptors (Lipinski definition) is 1. The maximum atomic E-state index is 5.41. The summed E-state index contributed by atoms with van der Waals surface area (Å²) in [6, 6.07) is 72.1. The van der Waals surface area contributed by atoms with Gasteiger partial charge in [0.1, 0.15) is 0 Å². The lowest BCUT2D eigenvalue weighted by Crippen LogP contribution is -2.16. The number of rotatable bonds is 6. The fraction of sp³-hybridized carbons (Fsp3) is 0.0667. The Balaban J connectivity index is 1.09. The van der Waals surface area contributed by atoms with Gasteiger partial charge in [-0.3, -0.25) is 0 Å². The van der Waals surface area contributed by atoms with Crippen molar-refractivity contribution in [2.45, 2.75) is 26.2 Å². The zero-order chi connectivity index (χ0) is 42.0. The van der Waals surface area contributed by atoms with Crippen LogP contribution in [0.2, 0.25) is 0 Å².